The third-order valence-electron chi connectivity index (χ3n) is 4.79. The van der Waals surface area contributed by atoms with E-state index in [2.05, 4.69) is 13.8 Å². The van der Waals surface area contributed by atoms with E-state index < -0.39 is 19.2 Å². The minimum atomic E-state index is -2.82. The maximum atomic E-state index is 10.8. The number of methoxy groups -OCH3 is 2. The van der Waals surface area contributed by atoms with Gasteiger partial charge in [0.15, 0.2) is 11.5 Å². The van der Waals surface area contributed by atoms with Crippen LogP contribution in [-0.4, -0.2) is 43.3 Å². The zero-order chi connectivity index (χ0) is 21.7. The summed E-state index contributed by atoms with van der Waals surface area (Å²) in [7, 11) is -1.51. The average Bonchev–Trinajstić information content (AvgIpc) is 2.58. The first-order valence-corrected chi connectivity index (χ1v) is 8.21. The van der Waals surface area contributed by atoms with Crippen molar-refractivity contribution in [1.82, 2.24) is 4.90 Å². The number of piperidine rings is 1. The van der Waals surface area contributed by atoms with Crippen LogP contribution in [0.5, 0.6) is 11.5 Å². The molecule has 4 nitrogen and oxygen atoms in total. The lowest BCUT2D eigenvalue weighted by Crippen LogP contribution is -2.48. The van der Waals surface area contributed by atoms with Gasteiger partial charge in [-0.3, -0.25) is 4.90 Å². The first kappa shape index (κ1) is 10.6. The van der Waals surface area contributed by atoms with E-state index in [0.29, 0.717) is 31.0 Å². The van der Waals surface area contributed by atoms with Crippen LogP contribution in [0.4, 0.5) is 0 Å². The third-order valence-corrected chi connectivity index (χ3v) is 4.79. The van der Waals surface area contributed by atoms with Crippen LogP contribution in [0.25, 0.3) is 0 Å². The predicted molar refractivity (Wildman–Crippen MR) is 91.1 cm³/mol. The number of aliphatic hydroxyl groups excluding tert-OH is 1. The monoisotopic (exact) mass is 325 g/mol. The second-order valence-electron chi connectivity index (χ2n) is 6.87. The molecule has 0 aromatic heterocycles. The molecule has 0 radical (unpaired) electrons. The highest BCUT2D eigenvalue weighted by Gasteiger charge is 2.38. The maximum absolute atomic E-state index is 10.8. The number of hydrogen-bond acceptors (Lipinski definition) is 4. The Balaban J connectivity index is 2.12. The van der Waals surface area contributed by atoms with Crippen molar-refractivity contribution in [3.63, 3.8) is 0 Å². The van der Waals surface area contributed by atoms with Crippen molar-refractivity contribution >= 4 is 0 Å². The molecule has 3 unspecified atom stereocenters. The summed E-state index contributed by atoms with van der Waals surface area (Å²) in [6.07, 6.45) is 0.686. The van der Waals surface area contributed by atoms with Crippen LogP contribution in [0.3, 0.4) is 0 Å². The fourth-order valence-corrected chi connectivity index (χ4v) is 3.73. The Kier molecular flexibility index (Phi) is 3.08. The van der Waals surface area contributed by atoms with Gasteiger partial charge in [0.1, 0.15) is 0 Å². The molecule has 0 aliphatic carbocycles. The molecule has 23 heavy (non-hydrogen) atoms. The molecule has 1 aromatic carbocycles. The number of benzene rings is 1. The fourth-order valence-electron chi connectivity index (χ4n) is 3.73. The smallest absolute Gasteiger partial charge is 0.161 e. The highest BCUT2D eigenvalue weighted by atomic mass is 16.5. The topological polar surface area (TPSA) is 41.9 Å². The van der Waals surface area contributed by atoms with Gasteiger partial charge in [-0.15, -0.1) is 0 Å². The Labute approximate surface area is 147 Å². The van der Waals surface area contributed by atoms with Gasteiger partial charge in [-0.25, -0.2) is 0 Å². The van der Waals surface area contributed by atoms with E-state index in [0.717, 1.165) is 6.42 Å². The number of aliphatic hydroxyl groups is 1. The van der Waals surface area contributed by atoms with Crippen LogP contribution in [-0.2, 0) is 6.42 Å². The molecule has 0 amide bonds. The van der Waals surface area contributed by atoms with Gasteiger partial charge in [0.25, 0.3) is 0 Å². The Hall–Kier alpha value is -1.26. The fraction of sp³-hybridized carbons (Fsp3) is 0.684. The zero-order valence-corrected chi connectivity index (χ0v) is 14.0. The van der Waals surface area contributed by atoms with E-state index in [4.69, 9.17) is 16.3 Å². The summed E-state index contributed by atoms with van der Waals surface area (Å²) < 4.78 is 58.8. The van der Waals surface area contributed by atoms with Crippen molar-refractivity contribution in [2.45, 2.75) is 45.2 Å². The molecule has 128 valence electrons. The van der Waals surface area contributed by atoms with Gasteiger partial charge < -0.3 is 14.6 Å². The van der Waals surface area contributed by atoms with Crippen LogP contribution in [0, 0.1) is 11.8 Å². The van der Waals surface area contributed by atoms with Crippen molar-refractivity contribution in [2.75, 3.05) is 27.2 Å². The van der Waals surface area contributed by atoms with Crippen LogP contribution >= 0.6 is 0 Å². The van der Waals surface area contributed by atoms with E-state index in [1.807, 2.05) is 4.90 Å². The Morgan fingerprint density at radius 1 is 1.43 bits per heavy atom. The van der Waals surface area contributed by atoms with Crippen LogP contribution in [0.15, 0.2) is 12.1 Å². The van der Waals surface area contributed by atoms with Gasteiger partial charge >= 0.3 is 0 Å². The SMILES string of the molecule is [2H]c1c2c(c([2H])c(OC([2H])([2H])[2H])c1OC)C1([2H])CC(O)C(CC(C)C)CN1CC2. The maximum Gasteiger partial charge on any atom is 0.161 e. The lowest BCUT2D eigenvalue weighted by molar-refractivity contribution is -0.0191. The Morgan fingerprint density at radius 2 is 2.22 bits per heavy atom. The molecule has 3 rings (SSSR count). The molecule has 1 N–H and O–H groups in total. The van der Waals surface area contributed by atoms with Gasteiger partial charge in [0.05, 0.1) is 28.5 Å². The average molecular weight is 325 g/mol. The highest BCUT2D eigenvalue weighted by Crippen LogP contribution is 2.43. The van der Waals surface area contributed by atoms with E-state index in [-0.39, 0.29) is 41.5 Å². The molecule has 0 spiro atoms. The van der Waals surface area contributed by atoms with Crippen molar-refractivity contribution in [3.8, 4) is 11.5 Å². The van der Waals surface area contributed by atoms with E-state index >= 15 is 0 Å². The summed E-state index contributed by atoms with van der Waals surface area (Å²) in [6, 6.07) is -1.71. The summed E-state index contributed by atoms with van der Waals surface area (Å²) in [5.74, 6) is 0.00982. The van der Waals surface area contributed by atoms with Gasteiger partial charge in [0, 0.05) is 19.1 Å². The summed E-state index contributed by atoms with van der Waals surface area (Å²) in [5, 5.41) is 10.8. The second kappa shape index (κ2) is 6.70. The Morgan fingerprint density at radius 3 is 2.91 bits per heavy atom. The number of rotatable bonds is 4. The van der Waals surface area contributed by atoms with E-state index in [9.17, 15) is 6.48 Å². The lowest BCUT2D eigenvalue weighted by atomic mass is 9.79. The molecule has 2 heterocycles. The molecular weight excluding hydrogens is 290 g/mol. The molecule has 1 saturated heterocycles. The summed E-state index contributed by atoms with van der Waals surface area (Å²) in [4.78, 5) is 1.94. The summed E-state index contributed by atoms with van der Waals surface area (Å²) in [6.45, 7) is 5.25. The van der Waals surface area contributed by atoms with Crippen LogP contribution < -0.4 is 9.47 Å². The van der Waals surface area contributed by atoms with Gasteiger partial charge in [-0.1, -0.05) is 13.8 Å². The quantitative estimate of drug-likeness (QED) is 0.924. The second-order valence-corrected chi connectivity index (χ2v) is 6.87. The van der Waals surface area contributed by atoms with Gasteiger partial charge in [-0.2, -0.15) is 0 Å². The molecule has 0 saturated carbocycles. The minimum absolute atomic E-state index is 0.0380. The van der Waals surface area contributed by atoms with E-state index in [1.54, 1.807) is 0 Å². The molecule has 2 aliphatic rings. The third kappa shape index (κ3) is 3.20. The van der Waals surface area contributed by atoms with Crippen LogP contribution in [0.1, 0.15) is 52.1 Å². The Bertz CT molecular complexity index is 784. The molecule has 2 aliphatic heterocycles. The minimum Gasteiger partial charge on any atom is -0.493 e. The number of nitrogens with zero attached hydrogens (tertiary/aromatic N) is 1. The highest BCUT2D eigenvalue weighted by molar-refractivity contribution is 5.49. The van der Waals surface area contributed by atoms with Crippen molar-refractivity contribution in [1.29, 1.82) is 0 Å². The molecule has 1 fully saturated rings. The molecule has 4 heteroatoms. The first-order valence-electron chi connectivity index (χ1n) is 11.2. The standard InChI is InChI=1S/C19H29NO3/c1-12(2)7-14-11-20-6-5-13-8-18(22-3)19(23-4)9-15(13)16(20)10-17(14)21/h8-9,12,14,16-17,21H,5-7,10-11H2,1-4H3/i4D3,8D,9D,16D. The normalized spacial score (nSPS) is 35.0. The molecule has 1 aromatic rings. The number of hydrogen-bond donors (Lipinski definition) is 1. The number of ether oxygens (including phenoxy) is 2. The van der Waals surface area contributed by atoms with Crippen LogP contribution in [0.2, 0.25) is 0 Å². The molecule has 3 atom stereocenters. The predicted octanol–water partition coefficient (Wildman–Crippen LogP) is 3.03. The van der Waals surface area contributed by atoms with Gasteiger partial charge in [0.2, 0.25) is 0 Å². The molecule has 0 bridgehead atoms. The van der Waals surface area contributed by atoms with E-state index in [1.165, 1.54) is 7.11 Å². The van der Waals surface area contributed by atoms with Crippen molar-refractivity contribution < 1.29 is 22.8 Å². The largest absolute Gasteiger partial charge is 0.493 e. The summed E-state index contributed by atoms with van der Waals surface area (Å²) >= 11 is 0. The molecular formula is C19H29NO3. The van der Waals surface area contributed by atoms with Crippen molar-refractivity contribution in [2.24, 2.45) is 11.8 Å². The number of fused-ring (bicyclic) bond motifs is 3. The van der Waals surface area contributed by atoms with Gasteiger partial charge in [-0.05, 0) is 54.3 Å². The summed E-state index contributed by atoms with van der Waals surface area (Å²) in [5.41, 5.74) is 0.737. The van der Waals surface area contributed by atoms with Crippen molar-refractivity contribution in [3.05, 3.63) is 23.2 Å². The zero-order valence-electron chi connectivity index (χ0n) is 20.0. The lowest BCUT2D eigenvalue weighted by Gasteiger charge is -2.46. The first-order chi connectivity index (χ1) is 13.4.